The standard InChI is InChI=1S/C12H16OS/c1-9(2)8-12(13)10-4-6-11(14-3)7-5-10/h4-8,12-13H,1-3H3. The van der Waals surface area contributed by atoms with E-state index >= 15 is 0 Å². The van der Waals surface area contributed by atoms with Crippen molar-refractivity contribution in [2.75, 3.05) is 6.26 Å². The maximum absolute atomic E-state index is 9.77. The largest absolute Gasteiger partial charge is 0.384 e. The summed E-state index contributed by atoms with van der Waals surface area (Å²) in [7, 11) is 0. The van der Waals surface area contributed by atoms with Gasteiger partial charge in [-0.3, -0.25) is 0 Å². The SMILES string of the molecule is CSc1ccc(C(O)C=C(C)C)cc1. The number of thioether (sulfide) groups is 1. The van der Waals surface area contributed by atoms with E-state index in [9.17, 15) is 5.11 Å². The molecule has 0 radical (unpaired) electrons. The van der Waals surface area contributed by atoms with Crippen molar-refractivity contribution in [1.29, 1.82) is 0 Å². The Morgan fingerprint density at radius 2 is 1.86 bits per heavy atom. The fourth-order valence-corrected chi connectivity index (χ4v) is 1.62. The van der Waals surface area contributed by atoms with Crippen molar-refractivity contribution in [3.05, 3.63) is 41.5 Å². The van der Waals surface area contributed by atoms with Crippen LogP contribution in [0.3, 0.4) is 0 Å². The fourth-order valence-electron chi connectivity index (χ4n) is 1.21. The van der Waals surface area contributed by atoms with Gasteiger partial charge in [0.2, 0.25) is 0 Å². The van der Waals surface area contributed by atoms with Gasteiger partial charge in [0.1, 0.15) is 0 Å². The molecule has 1 nitrogen and oxygen atoms in total. The third kappa shape index (κ3) is 3.20. The number of benzene rings is 1. The average molecular weight is 208 g/mol. The van der Waals surface area contributed by atoms with E-state index in [4.69, 9.17) is 0 Å². The lowest BCUT2D eigenvalue weighted by Crippen LogP contribution is -1.93. The molecule has 1 atom stereocenters. The molecule has 14 heavy (non-hydrogen) atoms. The summed E-state index contributed by atoms with van der Waals surface area (Å²) in [5, 5.41) is 9.77. The third-order valence-corrected chi connectivity index (χ3v) is 2.69. The minimum Gasteiger partial charge on any atom is -0.384 e. The van der Waals surface area contributed by atoms with Gasteiger partial charge in [0.25, 0.3) is 0 Å². The highest BCUT2D eigenvalue weighted by atomic mass is 32.2. The number of hydrogen-bond donors (Lipinski definition) is 1. The first-order valence-corrected chi connectivity index (χ1v) is 5.83. The maximum Gasteiger partial charge on any atom is 0.0974 e. The van der Waals surface area contributed by atoms with Crippen molar-refractivity contribution in [3.8, 4) is 0 Å². The van der Waals surface area contributed by atoms with Gasteiger partial charge in [0.15, 0.2) is 0 Å². The summed E-state index contributed by atoms with van der Waals surface area (Å²) in [5.41, 5.74) is 2.08. The molecule has 0 fully saturated rings. The highest BCUT2D eigenvalue weighted by molar-refractivity contribution is 7.98. The molecule has 0 spiro atoms. The van der Waals surface area contributed by atoms with E-state index in [1.807, 2.05) is 50.4 Å². The first-order valence-electron chi connectivity index (χ1n) is 4.60. The Kier molecular flexibility index (Phi) is 4.23. The molecular weight excluding hydrogens is 192 g/mol. The number of allylic oxidation sites excluding steroid dienone is 1. The summed E-state index contributed by atoms with van der Waals surface area (Å²) in [5.74, 6) is 0. The van der Waals surface area contributed by atoms with Gasteiger partial charge in [0.05, 0.1) is 6.10 Å². The molecule has 0 aliphatic carbocycles. The second-order valence-corrected chi connectivity index (χ2v) is 4.34. The Hall–Kier alpha value is -0.730. The van der Waals surface area contributed by atoms with Gasteiger partial charge < -0.3 is 5.11 Å². The molecule has 76 valence electrons. The minimum absolute atomic E-state index is 0.476. The molecule has 0 aliphatic heterocycles. The van der Waals surface area contributed by atoms with Crippen LogP contribution < -0.4 is 0 Å². The second kappa shape index (κ2) is 5.23. The summed E-state index contributed by atoms with van der Waals surface area (Å²) in [4.78, 5) is 1.22. The molecule has 1 rings (SSSR count). The van der Waals surface area contributed by atoms with Crippen LogP contribution in [0.2, 0.25) is 0 Å². The van der Waals surface area contributed by atoms with Crippen molar-refractivity contribution in [1.82, 2.24) is 0 Å². The van der Waals surface area contributed by atoms with Crippen LogP contribution >= 0.6 is 11.8 Å². The molecule has 0 saturated carbocycles. The van der Waals surface area contributed by atoms with E-state index in [0.29, 0.717) is 0 Å². The minimum atomic E-state index is -0.476. The normalized spacial score (nSPS) is 12.3. The smallest absolute Gasteiger partial charge is 0.0974 e. The van der Waals surface area contributed by atoms with Gasteiger partial charge in [-0.1, -0.05) is 23.8 Å². The van der Waals surface area contributed by atoms with E-state index in [1.54, 1.807) is 11.8 Å². The number of aliphatic hydroxyl groups excluding tert-OH is 1. The zero-order valence-corrected chi connectivity index (χ0v) is 9.64. The van der Waals surface area contributed by atoms with Crippen LogP contribution in [0.25, 0.3) is 0 Å². The summed E-state index contributed by atoms with van der Waals surface area (Å²) >= 11 is 1.71. The van der Waals surface area contributed by atoms with Crippen molar-refractivity contribution in [3.63, 3.8) is 0 Å². The van der Waals surface area contributed by atoms with Crippen LogP contribution in [0.15, 0.2) is 40.8 Å². The van der Waals surface area contributed by atoms with E-state index in [1.165, 1.54) is 4.90 Å². The molecule has 1 aromatic rings. The Balaban J connectivity index is 2.81. The lowest BCUT2D eigenvalue weighted by molar-refractivity contribution is 0.227. The maximum atomic E-state index is 9.77. The Bertz CT molecular complexity index is 310. The van der Waals surface area contributed by atoms with Gasteiger partial charge in [-0.05, 0) is 37.8 Å². The number of aliphatic hydroxyl groups is 1. The highest BCUT2D eigenvalue weighted by Crippen LogP contribution is 2.20. The van der Waals surface area contributed by atoms with Crippen LogP contribution in [0.4, 0.5) is 0 Å². The van der Waals surface area contributed by atoms with Crippen LogP contribution in [0, 0.1) is 0 Å². The molecule has 0 aromatic heterocycles. The van der Waals surface area contributed by atoms with Crippen molar-refractivity contribution in [2.45, 2.75) is 24.8 Å². The summed E-state index contributed by atoms with van der Waals surface area (Å²) in [6.45, 7) is 3.97. The lowest BCUT2D eigenvalue weighted by Gasteiger charge is -2.07. The predicted molar refractivity (Wildman–Crippen MR) is 62.6 cm³/mol. The molecule has 1 aromatic carbocycles. The first kappa shape index (κ1) is 11.3. The van der Waals surface area contributed by atoms with E-state index in [-0.39, 0.29) is 0 Å². The summed E-state index contributed by atoms with van der Waals surface area (Å²) in [6, 6.07) is 8.00. The number of rotatable bonds is 3. The van der Waals surface area contributed by atoms with Gasteiger partial charge in [-0.25, -0.2) is 0 Å². The quantitative estimate of drug-likeness (QED) is 0.607. The van der Waals surface area contributed by atoms with Gasteiger partial charge in [-0.15, -0.1) is 11.8 Å². The Morgan fingerprint density at radius 3 is 2.29 bits per heavy atom. The first-order chi connectivity index (χ1) is 6.63. The Labute approximate surface area is 89.8 Å². The predicted octanol–water partition coefficient (Wildman–Crippen LogP) is 3.41. The highest BCUT2D eigenvalue weighted by Gasteiger charge is 2.02. The van der Waals surface area contributed by atoms with Crippen molar-refractivity contribution >= 4 is 11.8 Å². The molecule has 2 heteroatoms. The van der Waals surface area contributed by atoms with Crippen LogP contribution in [0.1, 0.15) is 25.5 Å². The summed E-state index contributed by atoms with van der Waals surface area (Å²) in [6.07, 6.45) is 3.42. The van der Waals surface area contributed by atoms with Crippen LogP contribution in [0.5, 0.6) is 0 Å². The lowest BCUT2D eigenvalue weighted by atomic mass is 10.1. The van der Waals surface area contributed by atoms with Crippen molar-refractivity contribution < 1.29 is 5.11 Å². The van der Waals surface area contributed by atoms with Crippen LogP contribution in [-0.4, -0.2) is 11.4 Å². The molecule has 0 saturated heterocycles. The molecule has 0 heterocycles. The number of hydrogen-bond acceptors (Lipinski definition) is 2. The monoisotopic (exact) mass is 208 g/mol. The van der Waals surface area contributed by atoms with Crippen molar-refractivity contribution in [2.24, 2.45) is 0 Å². The second-order valence-electron chi connectivity index (χ2n) is 3.46. The van der Waals surface area contributed by atoms with E-state index < -0.39 is 6.10 Å². The third-order valence-electron chi connectivity index (χ3n) is 1.95. The Morgan fingerprint density at radius 1 is 1.29 bits per heavy atom. The van der Waals surface area contributed by atoms with E-state index in [0.717, 1.165) is 11.1 Å². The van der Waals surface area contributed by atoms with Crippen LogP contribution in [-0.2, 0) is 0 Å². The average Bonchev–Trinajstić information content (AvgIpc) is 2.17. The van der Waals surface area contributed by atoms with E-state index in [2.05, 4.69) is 0 Å². The topological polar surface area (TPSA) is 20.2 Å². The summed E-state index contributed by atoms with van der Waals surface area (Å²) < 4.78 is 0. The fraction of sp³-hybridized carbons (Fsp3) is 0.333. The zero-order chi connectivity index (χ0) is 10.6. The van der Waals surface area contributed by atoms with Gasteiger partial charge in [-0.2, -0.15) is 0 Å². The van der Waals surface area contributed by atoms with Gasteiger partial charge >= 0.3 is 0 Å². The molecule has 1 N–H and O–H groups in total. The molecule has 0 bridgehead atoms. The zero-order valence-electron chi connectivity index (χ0n) is 8.82. The molecule has 0 amide bonds. The van der Waals surface area contributed by atoms with Gasteiger partial charge in [0, 0.05) is 4.90 Å². The molecular formula is C12H16OS. The molecule has 1 unspecified atom stereocenters. The molecule has 0 aliphatic rings.